The van der Waals surface area contributed by atoms with Crippen molar-refractivity contribution in [3.8, 4) is 5.75 Å². The fraction of sp³-hybridized carbons (Fsp3) is 0.0870. The lowest BCUT2D eigenvalue weighted by Gasteiger charge is -2.14. The lowest BCUT2D eigenvalue weighted by atomic mass is 10.1. The number of nitrogens with zero attached hydrogens (tertiary/aromatic N) is 1. The van der Waals surface area contributed by atoms with Crippen LogP contribution in [0.1, 0.15) is 26.3 Å². The number of anilines is 2. The lowest BCUT2D eigenvalue weighted by Crippen LogP contribution is -2.34. The summed E-state index contributed by atoms with van der Waals surface area (Å²) in [5.41, 5.74) is 1.57. The number of nitro benzene ring substituents is 1. The maximum absolute atomic E-state index is 12.5. The maximum Gasteiger partial charge on any atom is 0.273 e. The normalized spacial score (nSPS) is 10.2. The summed E-state index contributed by atoms with van der Waals surface area (Å²) in [6.07, 6.45) is 0. The van der Waals surface area contributed by atoms with Crippen molar-refractivity contribution in [3.63, 3.8) is 0 Å². The number of halogens is 1. The molecule has 3 rings (SSSR count). The Hall–Kier alpha value is -4.02. The molecule has 0 bridgehead atoms. The molecular formula is C23H19ClN4O5S. The summed E-state index contributed by atoms with van der Waals surface area (Å²) in [6.45, 7) is 1.58. The van der Waals surface area contributed by atoms with Crippen molar-refractivity contribution in [1.82, 2.24) is 5.32 Å². The Bertz CT molecular complexity index is 1300. The van der Waals surface area contributed by atoms with E-state index in [2.05, 4.69) is 16.0 Å². The van der Waals surface area contributed by atoms with Crippen LogP contribution >= 0.6 is 23.8 Å². The number of nitrogens with one attached hydrogen (secondary N) is 3. The molecule has 0 fully saturated rings. The third-order valence-electron chi connectivity index (χ3n) is 4.72. The number of nitro groups is 1. The summed E-state index contributed by atoms with van der Waals surface area (Å²) in [7, 11) is 1.44. The van der Waals surface area contributed by atoms with Crippen LogP contribution in [0.2, 0.25) is 5.02 Å². The molecule has 0 atom stereocenters. The first kappa shape index (κ1) is 24.6. The minimum absolute atomic E-state index is 0.0249. The number of carbonyl (C=O) groups is 2. The number of hydrogen-bond donors (Lipinski definition) is 3. The number of hydrogen-bond acceptors (Lipinski definition) is 6. The average molecular weight is 499 g/mol. The molecule has 0 saturated carbocycles. The largest absolute Gasteiger partial charge is 0.494 e. The van der Waals surface area contributed by atoms with Gasteiger partial charge in [-0.15, -0.1) is 0 Å². The number of methoxy groups -OCH3 is 1. The minimum atomic E-state index is -0.601. The molecule has 11 heteroatoms. The Labute approximate surface area is 205 Å². The van der Waals surface area contributed by atoms with Gasteiger partial charge in [0, 0.05) is 28.9 Å². The molecule has 9 nitrogen and oxygen atoms in total. The first-order chi connectivity index (χ1) is 16.2. The SMILES string of the molecule is COc1cc(NC(=S)NC(=O)c2ccc(C)c([N+](=O)[O-])c2)ccc1NC(=O)c1ccccc1Cl. The number of thiocarbonyl (C=S) groups is 1. The standard InChI is InChI=1S/C23H19ClN4O5S/c1-13-7-8-14(11-19(13)28(31)32)21(29)27-23(34)25-15-9-10-18(20(12-15)33-2)26-22(30)16-5-3-4-6-17(16)24/h3-12H,1-2H3,(H,26,30)(H2,25,27,29,34). The van der Waals surface area contributed by atoms with Crippen molar-refractivity contribution in [2.45, 2.75) is 6.92 Å². The fourth-order valence-electron chi connectivity index (χ4n) is 2.99. The zero-order valence-electron chi connectivity index (χ0n) is 18.0. The predicted molar refractivity (Wildman–Crippen MR) is 134 cm³/mol. The smallest absolute Gasteiger partial charge is 0.273 e. The molecule has 0 aliphatic heterocycles. The quantitative estimate of drug-likeness (QED) is 0.250. The van der Waals surface area contributed by atoms with Gasteiger partial charge in [-0.3, -0.25) is 25.0 Å². The van der Waals surface area contributed by atoms with E-state index in [0.29, 0.717) is 33.3 Å². The van der Waals surface area contributed by atoms with E-state index in [1.807, 2.05) is 0 Å². The van der Waals surface area contributed by atoms with Gasteiger partial charge < -0.3 is 15.4 Å². The second kappa shape index (κ2) is 10.7. The molecule has 0 heterocycles. The van der Waals surface area contributed by atoms with Crippen LogP contribution in [0, 0.1) is 17.0 Å². The molecule has 0 unspecified atom stereocenters. The Morgan fingerprint density at radius 3 is 2.44 bits per heavy atom. The van der Waals surface area contributed by atoms with Gasteiger partial charge >= 0.3 is 0 Å². The van der Waals surface area contributed by atoms with Crippen LogP contribution in [-0.4, -0.2) is 29.0 Å². The van der Waals surface area contributed by atoms with Crippen molar-refractivity contribution in [3.05, 3.63) is 92.5 Å². The third-order valence-corrected chi connectivity index (χ3v) is 5.25. The molecule has 0 aliphatic rings. The van der Waals surface area contributed by atoms with Crippen LogP contribution in [0.15, 0.2) is 60.7 Å². The molecule has 0 aliphatic carbocycles. The van der Waals surface area contributed by atoms with E-state index >= 15 is 0 Å². The van der Waals surface area contributed by atoms with E-state index in [-0.39, 0.29) is 16.4 Å². The second-order valence-corrected chi connectivity index (χ2v) is 7.83. The number of ether oxygens (including phenoxy) is 1. The van der Waals surface area contributed by atoms with Gasteiger partial charge in [-0.2, -0.15) is 0 Å². The highest BCUT2D eigenvalue weighted by molar-refractivity contribution is 7.80. The summed E-state index contributed by atoms with van der Waals surface area (Å²) in [5, 5.41) is 19.4. The van der Waals surface area contributed by atoms with Crippen LogP contribution in [0.25, 0.3) is 0 Å². The number of rotatable bonds is 6. The van der Waals surface area contributed by atoms with E-state index in [4.69, 9.17) is 28.6 Å². The lowest BCUT2D eigenvalue weighted by molar-refractivity contribution is -0.385. The van der Waals surface area contributed by atoms with E-state index in [1.54, 1.807) is 49.4 Å². The zero-order chi connectivity index (χ0) is 24.8. The monoisotopic (exact) mass is 498 g/mol. The highest BCUT2D eigenvalue weighted by Crippen LogP contribution is 2.29. The fourth-order valence-corrected chi connectivity index (χ4v) is 3.42. The van der Waals surface area contributed by atoms with Crippen molar-refractivity contribution >= 4 is 57.8 Å². The van der Waals surface area contributed by atoms with Crippen LogP contribution in [0.3, 0.4) is 0 Å². The molecule has 3 aromatic rings. The minimum Gasteiger partial charge on any atom is -0.494 e. The highest BCUT2D eigenvalue weighted by Gasteiger charge is 2.17. The molecule has 2 amide bonds. The van der Waals surface area contributed by atoms with E-state index in [1.165, 1.54) is 25.3 Å². The first-order valence-electron chi connectivity index (χ1n) is 9.81. The maximum atomic E-state index is 12.5. The second-order valence-electron chi connectivity index (χ2n) is 7.02. The van der Waals surface area contributed by atoms with Gasteiger partial charge in [-0.1, -0.05) is 29.8 Å². The molecule has 0 saturated heterocycles. The van der Waals surface area contributed by atoms with E-state index in [0.717, 1.165) is 0 Å². The van der Waals surface area contributed by atoms with Gasteiger partial charge in [0.15, 0.2) is 5.11 Å². The van der Waals surface area contributed by atoms with Gasteiger partial charge in [-0.05, 0) is 49.5 Å². The van der Waals surface area contributed by atoms with Crippen LogP contribution in [0.5, 0.6) is 5.75 Å². The van der Waals surface area contributed by atoms with Gasteiger partial charge in [0.1, 0.15) is 5.75 Å². The Balaban J connectivity index is 1.69. The molecule has 174 valence electrons. The van der Waals surface area contributed by atoms with Crippen molar-refractivity contribution in [1.29, 1.82) is 0 Å². The molecule has 3 aromatic carbocycles. The van der Waals surface area contributed by atoms with Gasteiger partial charge in [0.2, 0.25) is 0 Å². The van der Waals surface area contributed by atoms with Crippen LogP contribution < -0.4 is 20.7 Å². The van der Waals surface area contributed by atoms with E-state index in [9.17, 15) is 19.7 Å². The van der Waals surface area contributed by atoms with Crippen molar-refractivity contribution < 1.29 is 19.2 Å². The molecule has 34 heavy (non-hydrogen) atoms. The molecule has 3 N–H and O–H groups in total. The zero-order valence-corrected chi connectivity index (χ0v) is 19.6. The Morgan fingerprint density at radius 1 is 1.03 bits per heavy atom. The number of amides is 2. The Kier molecular flexibility index (Phi) is 7.77. The number of benzene rings is 3. The van der Waals surface area contributed by atoms with E-state index < -0.39 is 16.7 Å². The van der Waals surface area contributed by atoms with Gasteiger partial charge in [0.05, 0.1) is 28.3 Å². The third kappa shape index (κ3) is 5.85. The van der Waals surface area contributed by atoms with Gasteiger partial charge in [-0.25, -0.2) is 0 Å². The number of carbonyl (C=O) groups excluding carboxylic acids is 2. The number of aryl methyl sites for hydroxylation is 1. The average Bonchev–Trinajstić information content (AvgIpc) is 2.80. The first-order valence-corrected chi connectivity index (χ1v) is 10.6. The van der Waals surface area contributed by atoms with Crippen molar-refractivity contribution in [2.75, 3.05) is 17.7 Å². The summed E-state index contributed by atoms with van der Waals surface area (Å²) in [6, 6.07) is 15.6. The Morgan fingerprint density at radius 2 is 1.76 bits per heavy atom. The topological polar surface area (TPSA) is 123 Å². The summed E-state index contributed by atoms with van der Waals surface area (Å²) in [4.78, 5) is 35.5. The molecule has 0 radical (unpaired) electrons. The van der Waals surface area contributed by atoms with Crippen LogP contribution in [0.4, 0.5) is 17.1 Å². The highest BCUT2D eigenvalue weighted by atomic mass is 35.5. The summed E-state index contributed by atoms with van der Waals surface area (Å²) >= 11 is 11.3. The van der Waals surface area contributed by atoms with Crippen molar-refractivity contribution in [2.24, 2.45) is 0 Å². The van der Waals surface area contributed by atoms with Crippen LogP contribution in [-0.2, 0) is 0 Å². The van der Waals surface area contributed by atoms with Gasteiger partial charge in [0.25, 0.3) is 17.5 Å². The summed E-state index contributed by atoms with van der Waals surface area (Å²) < 4.78 is 5.35. The predicted octanol–water partition coefficient (Wildman–Crippen LogP) is 4.94. The molecular weight excluding hydrogens is 480 g/mol. The molecule has 0 spiro atoms. The molecule has 0 aromatic heterocycles. The summed E-state index contributed by atoms with van der Waals surface area (Å²) in [5.74, 6) is -0.663.